The van der Waals surface area contributed by atoms with Crippen molar-refractivity contribution in [2.45, 2.75) is 94.3 Å². The Morgan fingerprint density at radius 1 is 0.848 bits per heavy atom. The summed E-state index contributed by atoms with van der Waals surface area (Å²) in [6, 6.07) is 12.8. The Bertz CT molecular complexity index is 1470. The number of hydrogen-bond donors (Lipinski definition) is 3. The number of benzene rings is 2. The summed E-state index contributed by atoms with van der Waals surface area (Å²) in [5.74, 6) is 0.953. The van der Waals surface area contributed by atoms with E-state index in [1.165, 1.54) is 6.42 Å². The molecule has 6 aliphatic rings. The number of carbonyl (C=O) groups is 4. The summed E-state index contributed by atoms with van der Waals surface area (Å²) in [6.45, 7) is 3.09. The fourth-order valence-corrected chi connectivity index (χ4v) is 7.90. The average Bonchev–Trinajstić information content (AvgIpc) is 3.44. The van der Waals surface area contributed by atoms with Crippen molar-refractivity contribution in [2.24, 2.45) is 5.92 Å². The van der Waals surface area contributed by atoms with Crippen LogP contribution in [0.5, 0.6) is 11.5 Å². The van der Waals surface area contributed by atoms with Crippen LogP contribution in [0.1, 0.15) is 68.9 Å². The van der Waals surface area contributed by atoms with Crippen LogP contribution in [0.2, 0.25) is 0 Å². The molecule has 2 aromatic carbocycles. The zero-order valence-electron chi connectivity index (χ0n) is 26.5. The largest absolute Gasteiger partial charge is 0.457 e. The van der Waals surface area contributed by atoms with Crippen molar-refractivity contribution in [1.29, 1.82) is 0 Å². The molecule has 8 rings (SSSR count). The lowest BCUT2D eigenvalue weighted by Crippen LogP contribution is -2.70. The molecule has 3 aliphatic carbocycles. The van der Waals surface area contributed by atoms with Gasteiger partial charge in [-0.15, -0.1) is 0 Å². The minimum absolute atomic E-state index is 0.0570. The van der Waals surface area contributed by atoms with E-state index in [1.54, 1.807) is 4.90 Å². The monoisotopic (exact) mass is 627 g/mol. The van der Waals surface area contributed by atoms with Crippen molar-refractivity contribution in [3.05, 3.63) is 59.7 Å². The smallest absolute Gasteiger partial charge is 0.243 e. The average molecular weight is 628 g/mol. The van der Waals surface area contributed by atoms with Gasteiger partial charge >= 0.3 is 0 Å². The molecule has 3 aliphatic heterocycles. The molecule has 3 atom stereocenters. The summed E-state index contributed by atoms with van der Waals surface area (Å²) in [4.78, 5) is 58.9. The number of carbonyl (C=O) groups excluding carboxylic acids is 4. The van der Waals surface area contributed by atoms with E-state index in [9.17, 15) is 19.2 Å². The van der Waals surface area contributed by atoms with Crippen molar-refractivity contribution in [2.75, 3.05) is 26.2 Å². The highest BCUT2D eigenvalue weighted by atomic mass is 16.5. The van der Waals surface area contributed by atoms with Gasteiger partial charge in [0.05, 0.1) is 0 Å². The summed E-state index contributed by atoms with van der Waals surface area (Å²) in [5.41, 5.74) is 1.58. The van der Waals surface area contributed by atoms with Crippen LogP contribution in [-0.4, -0.2) is 83.3 Å². The predicted molar refractivity (Wildman–Crippen MR) is 172 cm³/mol. The van der Waals surface area contributed by atoms with Crippen molar-refractivity contribution < 1.29 is 23.9 Å². The summed E-state index contributed by atoms with van der Waals surface area (Å²) in [7, 11) is 0. The number of rotatable bonds is 6. The zero-order chi connectivity index (χ0) is 31.7. The molecule has 0 radical (unpaired) electrons. The van der Waals surface area contributed by atoms with Gasteiger partial charge in [-0.25, -0.2) is 0 Å². The third-order valence-corrected chi connectivity index (χ3v) is 10.6. The molecule has 0 unspecified atom stereocenters. The molecule has 10 heteroatoms. The summed E-state index contributed by atoms with van der Waals surface area (Å²) in [5, 5.41) is 9.35. The van der Waals surface area contributed by atoms with Crippen LogP contribution in [0.15, 0.2) is 48.5 Å². The second-order valence-electron chi connectivity index (χ2n) is 14.1. The molecule has 2 aromatic rings. The second kappa shape index (κ2) is 13.1. The Morgan fingerprint density at radius 3 is 2.17 bits per heavy atom. The fourth-order valence-electron chi connectivity index (χ4n) is 7.90. The van der Waals surface area contributed by atoms with Gasteiger partial charge in [0, 0.05) is 37.9 Å². The van der Waals surface area contributed by atoms with Gasteiger partial charge in [0.1, 0.15) is 29.6 Å². The van der Waals surface area contributed by atoms with Gasteiger partial charge in [-0.2, -0.15) is 0 Å². The molecule has 10 nitrogen and oxygen atoms in total. The van der Waals surface area contributed by atoms with E-state index < -0.39 is 18.1 Å². The van der Waals surface area contributed by atoms with Gasteiger partial charge < -0.3 is 30.5 Å². The van der Waals surface area contributed by atoms with E-state index in [4.69, 9.17) is 4.74 Å². The standard InChI is InChI=1S/C36H45N5O5/c42-32-11-6-15-41(32)31-20-25-8-5-10-28(18-25)46-27-9-4-7-24(17-27)19-30(34(44)39-36-21-26(22-36)23-36)38-33(43)29(37-35(31)45)12-16-40-13-2-1-3-14-40/h4-5,7-10,17-18,26,29-31H,1-3,6,11-16,19-23H2,(H,37,45)(H,38,43)(H,39,44)/t26?,29-,30-,31-,36?/m0/s1. The molecular weight excluding hydrogens is 582 g/mol. The Morgan fingerprint density at radius 2 is 1.54 bits per heavy atom. The molecule has 3 saturated carbocycles. The van der Waals surface area contributed by atoms with Crippen LogP contribution in [0, 0.1) is 5.92 Å². The van der Waals surface area contributed by atoms with E-state index in [0.717, 1.165) is 56.3 Å². The minimum Gasteiger partial charge on any atom is -0.457 e. The quantitative estimate of drug-likeness (QED) is 0.453. The third kappa shape index (κ3) is 6.77. The number of piperidine rings is 1. The number of hydrogen-bond acceptors (Lipinski definition) is 6. The van der Waals surface area contributed by atoms with Crippen LogP contribution in [0.3, 0.4) is 0 Å². The van der Waals surface area contributed by atoms with Crippen molar-refractivity contribution >= 4 is 23.6 Å². The van der Waals surface area contributed by atoms with Gasteiger partial charge in [0.15, 0.2) is 0 Å². The van der Waals surface area contributed by atoms with E-state index in [2.05, 4.69) is 20.9 Å². The van der Waals surface area contributed by atoms with Gasteiger partial charge in [-0.1, -0.05) is 30.7 Å². The van der Waals surface area contributed by atoms with Crippen LogP contribution in [-0.2, 0) is 32.0 Å². The number of nitrogens with zero attached hydrogens (tertiary/aromatic N) is 2. The minimum atomic E-state index is -0.853. The summed E-state index contributed by atoms with van der Waals surface area (Å²) in [6.07, 6.45) is 8.51. The third-order valence-electron chi connectivity index (χ3n) is 10.6. The van der Waals surface area contributed by atoms with Crippen LogP contribution in [0.25, 0.3) is 0 Å². The SMILES string of the molecule is O=C(NC12CC(C1)C2)[C@@H]1Cc2cccc(c2)Oc2cccc(c2)C[C@H](N2CCCC2=O)C(=O)N[C@@H](CCN2CCCCC2)C(=O)N1. The van der Waals surface area contributed by atoms with Gasteiger partial charge in [0.25, 0.3) is 0 Å². The molecule has 3 heterocycles. The van der Waals surface area contributed by atoms with Crippen molar-refractivity contribution in [3.63, 3.8) is 0 Å². The molecule has 6 bridgehead atoms. The highest BCUT2D eigenvalue weighted by Crippen LogP contribution is 2.56. The van der Waals surface area contributed by atoms with Crippen LogP contribution >= 0.6 is 0 Å². The Balaban J connectivity index is 1.21. The lowest BCUT2D eigenvalue weighted by Gasteiger charge is -2.62. The number of likely N-dealkylation sites (tertiary alicyclic amines) is 2. The van der Waals surface area contributed by atoms with Gasteiger partial charge in [-0.3, -0.25) is 19.2 Å². The molecule has 244 valence electrons. The Kier molecular flexibility index (Phi) is 8.72. The first-order valence-electron chi connectivity index (χ1n) is 17.1. The Hall–Kier alpha value is -3.92. The second-order valence-corrected chi connectivity index (χ2v) is 14.1. The molecule has 46 heavy (non-hydrogen) atoms. The highest BCUT2D eigenvalue weighted by molar-refractivity contribution is 5.95. The molecular formula is C36H45N5O5. The first-order valence-corrected chi connectivity index (χ1v) is 17.1. The first-order chi connectivity index (χ1) is 22.3. The molecule has 5 fully saturated rings. The maximum Gasteiger partial charge on any atom is 0.243 e. The number of fused-ring (bicyclic) bond motifs is 4. The first kappa shape index (κ1) is 30.7. The van der Waals surface area contributed by atoms with Crippen LogP contribution in [0.4, 0.5) is 0 Å². The number of nitrogens with one attached hydrogen (secondary N) is 3. The van der Waals surface area contributed by atoms with E-state index in [1.807, 2.05) is 48.5 Å². The van der Waals surface area contributed by atoms with Crippen molar-refractivity contribution in [3.8, 4) is 11.5 Å². The van der Waals surface area contributed by atoms with E-state index in [-0.39, 0.29) is 35.6 Å². The topological polar surface area (TPSA) is 120 Å². The molecule has 0 aromatic heterocycles. The normalized spacial score (nSPS) is 29.9. The molecule has 2 saturated heterocycles. The molecule has 3 N–H and O–H groups in total. The van der Waals surface area contributed by atoms with Crippen LogP contribution < -0.4 is 20.7 Å². The fraction of sp³-hybridized carbons (Fsp3) is 0.556. The number of amides is 4. The molecule has 4 amide bonds. The highest BCUT2D eigenvalue weighted by Gasteiger charge is 2.57. The lowest BCUT2D eigenvalue weighted by molar-refractivity contribution is -0.140. The van der Waals surface area contributed by atoms with E-state index >= 15 is 0 Å². The predicted octanol–water partition coefficient (Wildman–Crippen LogP) is 3.08. The van der Waals surface area contributed by atoms with Gasteiger partial charge in [-0.05, 0) is 99.3 Å². The Labute approximate surface area is 270 Å². The maximum atomic E-state index is 14.1. The van der Waals surface area contributed by atoms with E-state index in [0.29, 0.717) is 56.2 Å². The zero-order valence-corrected chi connectivity index (χ0v) is 26.5. The summed E-state index contributed by atoms with van der Waals surface area (Å²) < 4.78 is 6.23. The molecule has 0 spiro atoms. The lowest BCUT2D eigenvalue weighted by atomic mass is 9.50. The number of ether oxygens (including phenoxy) is 1. The maximum absolute atomic E-state index is 14.1. The summed E-state index contributed by atoms with van der Waals surface area (Å²) >= 11 is 0. The van der Waals surface area contributed by atoms with Crippen molar-refractivity contribution in [1.82, 2.24) is 25.8 Å². The van der Waals surface area contributed by atoms with Gasteiger partial charge in [0.2, 0.25) is 23.6 Å².